The van der Waals surface area contributed by atoms with Crippen LogP contribution in [0.4, 0.5) is 0 Å². The van der Waals surface area contributed by atoms with Gasteiger partial charge in [-0.05, 0) is 30.5 Å². The molecule has 4 rings (SSSR count). The van der Waals surface area contributed by atoms with Crippen molar-refractivity contribution in [3.63, 3.8) is 0 Å². The molecule has 1 unspecified atom stereocenters. The number of halogens is 1. The summed E-state index contributed by atoms with van der Waals surface area (Å²) < 4.78 is 0.782. The van der Waals surface area contributed by atoms with Crippen LogP contribution in [-0.4, -0.2) is 27.4 Å². The minimum Gasteiger partial charge on any atom is -0.508 e. The highest BCUT2D eigenvalue weighted by Crippen LogP contribution is 2.35. The summed E-state index contributed by atoms with van der Waals surface area (Å²) in [7, 11) is 0. The molecule has 0 bridgehead atoms. The second-order valence-corrected chi connectivity index (χ2v) is 7.13. The van der Waals surface area contributed by atoms with Crippen LogP contribution in [0.5, 0.6) is 5.75 Å². The number of amidine groups is 1. The van der Waals surface area contributed by atoms with E-state index in [1.807, 2.05) is 30.5 Å². The number of aromatic hydroxyl groups is 1. The van der Waals surface area contributed by atoms with Crippen LogP contribution in [-0.2, 0) is 4.79 Å². The SMILES string of the molecule is CSC1=NN2C(=c3ccccc3=NC2c2cc(O)ccc2Br)C(=O)N1. The lowest BCUT2D eigenvalue weighted by molar-refractivity contribution is -0.116. The normalized spacial score (nSPS) is 18.7. The lowest BCUT2D eigenvalue weighted by Gasteiger charge is -2.34. The van der Waals surface area contributed by atoms with Gasteiger partial charge in [0.25, 0.3) is 5.91 Å². The quantitative estimate of drug-likeness (QED) is 0.740. The molecule has 0 radical (unpaired) electrons. The van der Waals surface area contributed by atoms with Gasteiger partial charge in [0.1, 0.15) is 11.4 Å². The third kappa shape index (κ3) is 2.71. The number of carbonyl (C=O) groups is 1. The van der Waals surface area contributed by atoms with Crippen molar-refractivity contribution in [3.05, 3.63) is 63.1 Å². The molecule has 2 aliphatic heterocycles. The summed E-state index contributed by atoms with van der Waals surface area (Å²) in [5, 5.41) is 20.8. The summed E-state index contributed by atoms with van der Waals surface area (Å²) in [4.78, 5) is 17.5. The number of nitrogens with one attached hydrogen (secondary N) is 1. The molecule has 2 heterocycles. The Balaban J connectivity index is 2.02. The van der Waals surface area contributed by atoms with Crippen molar-refractivity contribution in [3.8, 4) is 5.75 Å². The van der Waals surface area contributed by atoms with Crippen LogP contribution in [0.25, 0.3) is 5.70 Å². The van der Waals surface area contributed by atoms with Crippen LogP contribution < -0.4 is 15.9 Å². The van der Waals surface area contributed by atoms with Gasteiger partial charge in [-0.3, -0.25) is 15.1 Å². The predicted octanol–water partition coefficient (Wildman–Crippen LogP) is 1.66. The van der Waals surface area contributed by atoms with Gasteiger partial charge >= 0.3 is 0 Å². The number of hydrazone groups is 1. The lowest BCUT2D eigenvalue weighted by atomic mass is 10.1. The first-order valence-electron chi connectivity index (χ1n) is 7.47. The Bertz CT molecular complexity index is 1040. The molecule has 2 aromatic carbocycles. The van der Waals surface area contributed by atoms with Gasteiger partial charge in [-0.15, -0.1) is 5.10 Å². The number of nitrogens with zero attached hydrogens (tertiary/aromatic N) is 3. The molecule has 0 saturated heterocycles. The lowest BCUT2D eigenvalue weighted by Crippen LogP contribution is -2.50. The van der Waals surface area contributed by atoms with Crippen molar-refractivity contribution in [2.24, 2.45) is 10.1 Å². The largest absolute Gasteiger partial charge is 0.508 e. The van der Waals surface area contributed by atoms with Crippen LogP contribution in [0.1, 0.15) is 11.7 Å². The van der Waals surface area contributed by atoms with E-state index in [9.17, 15) is 9.90 Å². The molecule has 25 heavy (non-hydrogen) atoms. The third-order valence-corrected chi connectivity index (χ3v) is 5.26. The molecule has 0 aromatic heterocycles. The fraction of sp³-hybridized carbons (Fsp3) is 0.118. The smallest absolute Gasteiger partial charge is 0.276 e. The highest BCUT2D eigenvalue weighted by atomic mass is 79.9. The first kappa shape index (κ1) is 16.2. The Kier molecular flexibility index (Phi) is 4.01. The van der Waals surface area contributed by atoms with Crippen molar-refractivity contribution < 1.29 is 9.90 Å². The first-order chi connectivity index (χ1) is 12.1. The molecule has 2 aliphatic rings. The third-order valence-electron chi connectivity index (χ3n) is 3.97. The van der Waals surface area contributed by atoms with Crippen LogP contribution >= 0.6 is 27.7 Å². The molecule has 6 nitrogen and oxygen atoms in total. The van der Waals surface area contributed by atoms with Crippen molar-refractivity contribution in [2.45, 2.75) is 6.17 Å². The number of phenols is 1. The molecular weight excluding hydrogens is 404 g/mol. The second-order valence-electron chi connectivity index (χ2n) is 5.48. The Morgan fingerprint density at radius 3 is 2.88 bits per heavy atom. The van der Waals surface area contributed by atoms with E-state index >= 15 is 0 Å². The first-order valence-corrected chi connectivity index (χ1v) is 9.49. The van der Waals surface area contributed by atoms with E-state index in [0.29, 0.717) is 16.2 Å². The van der Waals surface area contributed by atoms with Gasteiger partial charge in [-0.1, -0.05) is 45.9 Å². The Morgan fingerprint density at radius 1 is 1.28 bits per heavy atom. The number of hydrogen-bond donors (Lipinski definition) is 2. The van der Waals surface area contributed by atoms with Crippen molar-refractivity contribution in [1.82, 2.24) is 10.3 Å². The fourth-order valence-corrected chi connectivity index (χ4v) is 3.67. The zero-order valence-corrected chi connectivity index (χ0v) is 15.5. The highest BCUT2D eigenvalue weighted by molar-refractivity contribution is 9.10. The number of thioether (sulfide) groups is 1. The summed E-state index contributed by atoms with van der Waals surface area (Å²) in [6.07, 6.45) is 1.29. The molecule has 8 heteroatoms. The average Bonchev–Trinajstić information content (AvgIpc) is 2.62. The molecule has 126 valence electrons. The molecule has 1 amide bonds. The standard InChI is InChI=1S/C17H13BrN4O2S/c1-25-17-20-16(24)14-10-4-2-3-5-13(10)19-15(22(14)21-17)11-8-9(23)6-7-12(11)18/h2-8,15,23H,1H3,(H,20,21,24). The van der Waals surface area contributed by atoms with E-state index < -0.39 is 6.17 Å². The average molecular weight is 417 g/mol. The van der Waals surface area contributed by atoms with Crippen LogP contribution in [0.15, 0.2) is 57.0 Å². The van der Waals surface area contributed by atoms with Gasteiger partial charge in [0.15, 0.2) is 11.3 Å². The maximum atomic E-state index is 12.7. The number of fused-ring (bicyclic) bond motifs is 2. The Morgan fingerprint density at radius 2 is 2.08 bits per heavy atom. The van der Waals surface area contributed by atoms with Gasteiger partial charge in [0, 0.05) is 15.3 Å². The van der Waals surface area contributed by atoms with Crippen LogP contribution in [0.2, 0.25) is 0 Å². The number of phenolic OH excluding ortho intramolecular Hbond substituents is 1. The predicted molar refractivity (Wildman–Crippen MR) is 100 cm³/mol. The summed E-state index contributed by atoms with van der Waals surface area (Å²) in [5.41, 5.74) is 1.18. The maximum Gasteiger partial charge on any atom is 0.276 e. The molecule has 2 N–H and O–H groups in total. The molecular formula is C17H13BrN4O2S. The Hall–Kier alpha value is -2.32. The van der Waals surface area contributed by atoms with Crippen LogP contribution in [0, 0.1) is 0 Å². The van der Waals surface area contributed by atoms with Crippen LogP contribution in [0.3, 0.4) is 0 Å². The van der Waals surface area contributed by atoms with Gasteiger partial charge in [-0.25, -0.2) is 5.01 Å². The molecule has 2 aromatic rings. The topological polar surface area (TPSA) is 77.3 Å². The number of benzene rings is 2. The number of carbonyl (C=O) groups excluding carboxylic acids is 1. The summed E-state index contributed by atoms with van der Waals surface area (Å²) in [6.45, 7) is 0. The molecule has 0 aliphatic carbocycles. The minimum absolute atomic E-state index is 0.129. The van der Waals surface area contributed by atoms with Gasteiger partial charge in [0.2, 0.25) is 0 Å². The zero-order valence-electron chi connectivity index (χ0n) is 13.1. The van der Waals surface area contributed by atoms with Crippen molar-refractivity contribution in [1.29, 1.82) is 0 Å². The monoisotopic (exact) mass is 416 g/mol. The minimum atomic E-state index is -0.556. The van der Waals surface area contributed by atoms with Crippen molar-refractivity contribution >= 4 is 44.5 Å². The van der Waals surface area contributed by atoms with Gasteiger partial charge in [-0.2, -0.15) is 0 Å². The second kappa shape index (κ2) is 6.20. The van der Waals surface area contributed by atoms with E-state index in [0.717, 1.165) is 15.3 Å². The number of hydrogen-bond acceptors (Lipinski definition) is 6. The van der Waals surface area contributed by atoms with E-state index in [2.05, 4.69) is 26.3 Å². The Labute approximate surface area is 156 Å². The summed E-state index contributed by atoms with van der Waals surface area (Å²) in [6, 6.07) is 12.4. The van der Waals surface area contributed by atoms with Crippen molar-refractivity contribution in [2.75, 3.05) is 6.26 Å². The van der Waals surface area contributed by atoms with E-state index in [1.54, 1.807) is 23.2 Å². The number of amides is 1. The molecule has 0 spiro atoms. The summed E-state index contributed by atoms with van der Waals surface area (Å²) in [5.74, 6) is -0.0904. The van der Waals surface area contributed by atoms with E-state index in [4.69, 9.17) is 4.99 Å². The maximum absolute atomic E-state index is 12.7. The highest BCUT2D eigenvalue weighted by Gasteiger charge is 2.35. The summed E-state index contributed by atoms with van der Waals surface area (Å²) >= 11 is 4.86. The number of para-hydroxylation sites is 1. The number of rotatable bonds is 1. The van der Waals surface area contributed by atoms with E-state index in [1.165, 1.54) is 11.8 Å². The molecule has 0 saturated carbocycles. The van der Waals surface area contributed by atoms with E-state index in [-0.39, 0.29) is 11.7 Å². The van der Waals surface area contributed by atoms with Gasteiger partial charge in [0.05, 0.1) is 5.36 Å². The molecule has 0 fully saturated rings. The fourth-order valence-electron chi connectivity index (χ4n) is 2.85. The molecule has 1 atom stereocenters. The van der Waals surface area contributed by atoms with Gasteiger partial charge < -0.3 is 5.11 Å². The zero-order chi connectivity index (χ0) is 17.6.